The van der Waals surface area contributed by atoms with Crippen LogP contribution in [0.2, 0.25) is 0 Å². The van der Waals surface area contributed by atoms with E-state index < -0.39 is 11.2 Å². The molecule has 0 bridgehead atoms. The lowest BCUT2D eigenvalue weighted by Crippen LogP contribution is -1.88. The predicted octanol–water partition coefficient (Wildman–Crippen LogP) is 3.68. The number of hydrogen-bond acceptors (Lipinski definition) is 4. The van der Waals surface area contributed by atoms with Gasteiger partial charge in [0.25, 0.3) is 0 Å². The Morgan fingerprint density at radius 3 is 1.81 bits per heavy atom. The third-order valence-corrected chi connectivity index (χ3v) is 2.15. The highest BCUT2D eigenvalue weighted by Gasteiger charge is 1.86. The summed E-state index contributed by atoms with van der Waals surface area (Å²) in [5.41, 5.74) is 1.79. The number of thiazole rings is 1. The van der Waals surface area contributed by atoms with Gasteiger partial charge in [-0.1, -0.05) is 25.0 Å². The van der Waals surface area contributed by atoms with Crippen molar-refractivity contribution in [2.45, 2.75) is 26.7 Å². The van der Waals surface area contributed by atoms with Crippen LogP contribution in [0.3, 0.4) is 0 Å². The van der Waals surface area contributed by atoms with Crippen LogP contribution in [0.1, 0.15) is 26.7 Å². The average molecular weight is 336 g/mol. The van der Waals surface area contributed by atoms with Gasteiger partial charge in [0.15, 0.2) is 0 Å². The molecule has 0 aliphatic heterocycles. The number of halogens is 1. The number of hydrogen-bond donors (Lipinski definition) is 1. The first-order valence-corrected chi connectivity index (χ1v) is 9.12. The number of rotatable bonds is 2. The zero-order chi connectivity index (χ0) is 15.6. The molecule has 0 unspecified atom stereocenters. The van der Waals surface area contributed by atoms with Gasteiger partial charge in [-0.25, -0.2) is 0 Å². The highest BCUT2D eigenvalue weighted by molar-refractivity contribution is 7.89. The summed E-state index contributed by atoms with van der Waals surface area (Å²) in [6.45, 7) is 3.76. The molecule has 0 aliphatic rings. The zero-order valence-electron chi connectivity index (χ0n) is 12.9. The number of nitrogens with zero attached hydrogens (tertiary/aromatic N) is 1. The van der Waals surface area contributed by atoms with E-state index in [-0.39, 0.29) is 4.70 Å². The van der Waals surface area contributed by atoms with Crippen molar-refractivity contribution in [3.05, 3.63) is 41.6 Å². The smallest absolute Gasteiger partial charge is 0.132 e. The minimum absolute atomic E-state index is 0. The van der Waals surface area contributed by atoms with Gasteiger partial charge in [-0.15, -0.1) is 11.3 Å². The van der Waals surface area contributed by atoms with E-state index >= 15 is 0 Å². The molecule has 7 heteroatoms. The first-order valence-electron chi connectivity index (χ1n) is 6.21. The number of ketones is 1. The second-order valence-electron chi connectivity index (χ2n) is 3.55. The fourth-order valence-electron chi connectivity index (χ4n) is 0.703. The molecule has 2 heterocycles. The van der Waals surface area contributed by atoms with E-state index in [0.717, 1.165) is 0 Å². The standard InChI is InChI=1S/C5H10O.C4H5N.C3H3NS.C2H6OS.FH/c1-3-5(6)4-2;1-2-4-5-3-1;1-2-5-3-4-1;1-4(2)3;/h3-4H2,1-2H3;1-5H;1-3H;1-2H3;1H. The van der Waals surface area contributed by atoms with Gasteiger partial charge in [0.05, 0.1) is 18.0 Å². The maximum atomic E-state index is 10.2. The molecule has 2 aromatic heterocycles. The summed E-state index contributed by atoms with van der Waals surface area (Å²) in [7, 11) is 0. The largest absolute Gasteiger partial charge is 0.617 e. The quantitative estimate of drug-likeness (QED) is 0.851. The van der Waals surface area contributed by atoms with Crippen molar-refractivity contribution in [3.8, 4) is 0 Å². The van der Waals surface area contributed by atoms with E-state index in [1.54, 1.807) is 35.6 Å². The predicted molar refractivity (Wildman–Crippen MR) is 91.0 cm³/mol. The van der Waals surface area contributed by atoms with Crippen LogP contribution in [0.25, 0.3) is 0 Å². The zero-order valence-corrected chi connectivity index (χ0v) is 14.6. The first kappa shape index (κ1) is 24.8. The Kier molecular flexibility index (Phi) is 25.0. The maximum absolute atomic E-state index is 10.2. The van der Waals surface area contributed by atoms with Gasteiger partial charge in [-0.2, -0.15) is 0 Å². The van der Waals surface area contributed by atoms with Crippen molar-refractivity contribution in [3.63, 3.8) is 0 Å². The number of H-pyrrole nitrogens is 1. The molecule has 0 amide bonds. The molecule has 0 fully saturated rings. The summed E-state index contributed by atoms with van der Waals surface area (Å²) in [6.07, 6.45) is 10.2. The van der Waals surface area contributed by atoms with E-state index in [1.165, 1.54) is 0 Å². The number of carbonyl (C=O) groups is 1. The van der Waals surface area contributed by atoms with Crippen molar-refractivity contribution < 1.29 is 14.1 Å². The Labute approximate surface area is 133 Å². The lowest BCUT2D eigenvalue weighted by Gasteiger charge is -1.87. The Morgan fingerprint density at radius 1 is 1.24 bits per heavy atom. The van der Waals surface area contributed by atoms with Crippen LogP contribution in [-0.4, -0.2) is 32.8 Å². The summed E-state index contributed by atoms with van der Waals surface area (Å²) in [6, 6.07) is 3.89. The Hall–Kier alpha value is -1.18. The van der Waals surface area contributed by atoms with E-state index in [9.17, 15) is 9.35 Å². The molecule has 0 saturated carbocycles. The molecule has 122 valence electrons. The van der Waals surface area contributed by atoms with Crippen LogP contribution in [0, 0.1) is 0 Å². The molecular weight excluding hydrogens is 311 g/mol. The lowest BCUT2D eigenvalue weighted by atomic mass is 10.3. The molecule has 0 spiro atoms. The minimum Gasteiger partial charge on any atom is -0.617 e. The third kappa shape index (κ3) is 32.4. The van der Waals surface area contributed by atoms with E-state index in [4.69, 9.17) is 0 Å². The Bertz CT molecular complexity index is 299. The van der Waals surface area contributed by atoms with Gasteiger partial charge in [0, 0.05) is 36.8 Å². The second kappa shape index (κ2) is 21.1. The Balaban J connectivity index is -0.000000204. The van der Waals surface area contributed by atoms with E-state index in [2.05, 4.69) is 9.97 Å². The van der Waals surface area contributed by atoms with Crippen LogP contribution >= 0.6 is 11.3 Å². The topological polar surface area (TPSA) is 68.8 Å². The molecule has 0 radical (unpaired) electrons. The lowest BCUT2D eigenvalue weighted by molar-refractivity contribution is -0.118. The molecule has 1 N–H and O–H groups in total. The molecule has 21 heavy (non-hydrogen) atoms. The van der Waals surface area contributed by atoms with Gasteiger partial charge >= 0.3 is 0 Å². The third-order valence-electron chi connectivity index (χ3n) is 1.63. The van der Waals surface area contributed by atoms with Gasteiger partial charge in [-0.05, 0) is 12.1 Å². The van der Waals surface area contributed by atoms with Gasteiger partial charge < -0.3 is 9.54 Å². The summed E-state index contributed by atoms with van der Waals surface area (Å²) in [5.74, 6) is 0.343. The fourth-order valence-corrected chi connectivity index (χ4v) is 1.05. The number of aromatic nitrogens is 2. The van der Waals surface area contributed by atoms with Crippen LogP contribution < -0.4 is 0 Å². The second-order valence-corrected chi connectivity index (χ2v) is 5.79. The van der Waals surface area contributed by atoms with Crippen LogP contribution in [-0.2, 0) is 16.0 Å². The molecule has 0 aliphatic carbocycles. The summed E-state index contributed by atoms with van der Waals surface area (Å²) in [4.78, 5) is 16.8. The van der Waals surface area contributed by atoms with E-state index in [0.29, 0.717) is 18.6 Å². The number of carbonyl (C=O) groups excluding carboxylic acids is 1. The fraction of sp³-hybridized carbons (Fsp3) is 0.429. The molecule has 0 atom stereocenters. The number of nitrogens with one attached hydrogen (secondary N) is 1. The molecule has 2 rings (SSSR count). The molecule has 0 saturated heterocycles. The molecule has 4 nitrogen and oxygen atoms in total. The van der Waals surface area contributed by atoms with Crippen molar-refractivity contribution in [2.75, 3.05) is 12.5 Å². The van der Waals surface area contributed by atoms with Crippen LogP contribution in [0.15, 0.2) is 41.6 Å². The van der Waals surface area contributed by atoms with Crippen molar-refractivity contribution >= 4 is 28.3 Å². The molecule has 0 aromatic carbocycles. The monoisotopic (exact) mass is 336 g/mol. The molecule has 2 aromatic rings. The van der Waals surface area contributed by atoms with Crippen molar-refractivity contribution in [1.29, 1.82) is 0 Å². The average Bonchev–Trinajstić information content (AvgIpc) is 3.13. The van der Waals surface area contributed by atoms with Gasteiger partial charge in [-0.3, -0.25) is 14.5 Å². The highest BCUT2D eigenvalue weighted by atomic mass is 32.2. The van der Waals surface area contributed by atoms with E-state index in [1.807, 2.05) is 43.8 Å². The van der Waals surface area contributed by atoms with Crippen LogP contribution in [0.5, 0.6) is 0 Å². The highest BCUT2D eigenvalue weighted by Crippen LogP contribution is 1.86. The summed E-state index contributed by atoms with van der Waals surface area (Å²) < 4.78 is 9.56. The summed E-state index contributed by atoms with van der Waals surface area (Å²) in [5, 5.41) is 1.93. The minimum atomic E-state index is -0.611. The van der Waals surface area contributed by atoms with Crippen LogP contribution in [0.4, 0.5) is 4.70 Å². The number of Topliss-reactive ketones (excluding diaryl/α,β-unsaturated/α-hetero) is 1. The Morgan fingerprint density at radius 2 is 1.71 bits per heavy atom. The van der Waals surface area contributed by atoms with Gasteiger partial charge in [0.1, 0.15) is 5.78 Å². The maximum Gasteiger partial charge on any atom is 0.132 e. The molecular formula is C14H25FN2O2S2. The normalized spacial score (nSPS) is 7.90. The first-order chi connectivity index (χ1) is 9.54. The SMILES string of the molecule is CCC(=O)CC.C[S+](C)[O-].F.c1cc[nH]c1.c1cscn1. The van der Waals surface area contributed by atoms with Crippen molar-refractivity contribution in [2.24, 2.45) is 0 Å². The summed E-state index contributed by atoms with van der Waals surface area (Å²) >= 11 is 0.991. The van der Waals surface area contributed by atoms with Crippen molar-refractivity contribution in [1.82, 2.24) is 9.97 Å². The van der Waals surface area contributed by atoms with Gasteiger partial charge in [0.2, 0.25) is 0 Å². The number of aromatic amines is 1.